The zero-order valence-electron chi connectivity index (χ0n) is 11.4. The highest BCUT2D eigenvalue weighted by Crippen LogP contribution is 2.24. The van der Waals surface area contributed by atoms with Crippen molar-refractivity contribution in [2.45, 2.75) is 20.3 Å². The van der Waals surface area contributed by atoms with Gasteiger partial charge in [0.1, 0.15) is 4.99 Å². The monoisotopic (exact) mass is 351 g/mol. The molecular formula is C13H18ClNO2S3. The molecule has 112 valence electrons. The summed E-state index contributed by atoms with van der Waals surface area (Å²) in [6, 6.07) is 6.93. The van der Waals surface area contributed by atoms with Gasteiger partial charge in [-0.05, 0) is 41.6 Å². The Morgan fingerprint density at radius 1 is 1.30 bits per heavy atom. The van der Waals surface area contributed by atoms with Gasteiger partial charge in [0.05, 0.1) is 5.56 Å². The molecule has 0 aliphatic carbocycles. The Kier molecular flexibility index (Phi) is 10.1. The van der Waals surface area contributed by atoms with E-state index in [2.05, 4.69) is 13.8 Å². The van der Waals surface area contributed by atoms with Crippen LogP contribution in [-0.2, 0) is 6.42 Å². The number of nitrogens with zero attached hydrogens (tertiary/aromatic N) is 1. The Morgan fingerprint density at radius 3 is 2.40 bits per heavy atom. The highest BCUT2D eigenvalue weighted by molar-refractivity contribution is 8.13. The van der Waals surface area contributed by atoms with E-state index in [9.17, 15) is 4.79 Å². The number of hydrogen-bond donors (Lipinski definition) is 1. The molecule has 0 radical (unpaired) electrons. The Hall–Kier alpha value is -0.430. The number of aromatic carboxylic acids is 1. The average molecular weight is 352 g/mol. The summed E-state index contributed by atoms with van der Waals surface area (Å²) in [7, 11) is 0. The fourth-order valence-electron chi connectivity index (χ4n) is 1.47. The zero-order chi connectivity index (χ0) is 14.3. The van der Waals surface area contributed by atoms with Gasteiger partial charge in [-0.25, -0.2) is 4.79 Å². The number of thiocarbonyl (C=S) groups is 1. The molecule has 1 aromatic rings. The van der Waals surface area contributed by atoms with Gasteiger partial charge in [-0.3, -0.25) is 3.71 Å². The van der Waals surface area contributed by atoms with Crippen LogP contribution in [0.25, 0.3) is 0 Å². The normalized spacial score (nSPS) is 9.70. The lowest BCUT2D eigenvalue weighted by atomic mass is 10.1. The molecule has 0 atom stereocenters. The van der Waals surface area contributed by atoms with Crippen LogP contribution in [0.15, 0.2) is 24.3 Å². The van der Waals surface area contributed by atoms with Crippen LogP contribution in [0.5, 0.6) is 0 Å². The fraction of sp³-hybridized carbons (Fsp3) is 0.385. The van der Waals surface area contributed by atoms with E-state index in [1.165, 1.54) is 0 Å². The first-order chi connectivity index (χ1) is 9.08. The number of hydrogen-bond acceptors (Lipinski definition) is 4. The molecule has 3 nitrogen and oxygen atoms in total. The first-order valence-electron chi connectivity index (χ1n) is 5.99. The van der Waals surface area contributed by atoms with Crippen molar-refractivity contribution < 1.29 is 9.90 Å². The van der Waals surface area contributed by atoms with Crippen molar-refractivity contribution >= 4 is 59.5 Å². The first kappa shape index (κ1) is 19.6. The van der Waals surface area contributed by atoms with Gasteiger partial charge in [-0.15, -0.1) is 12.4 Å². The molecule has 0 spiro atoms. The van der Waals surface area contributed by atoms with E-state index in [1.54, 1.807) is 42.1 Å². The van der Waals surface area contributed by atoms with Gasteiger partial charge < -0.3 is 5.11 Å². The second-order valence-electron chi connectivity index (χ2n) is 3.67. The number of carbonyl (C=O) groups is 1. The number of carboxylic acids is 1. The van der Waals surface area contributed by atoms with Gasteiger partial charge in [-0.1, -0.05) is 38.2 Å². The lowest BCUT2D eigenvalue weighted by Crippen LogP contribution is -2.18. The molecule has 0 aliphatic rings. The third-order valence-corrected chi connectivity index (χ3v) is 4.84. The summed E-state index contributed by atoms with van der Waals surface area (Å²) >= 11 is 8.79. The molecule has 0 heterocycles. The van der Waals surface area contributed by atoms with Gasteiger partial charge in [0.25, 0.3) is 0 Å². The Labute approximate surface area is 140 Å². The molecule has 7 heteroatoms. The minimum Gasteiger partial charge on any atom is -0.478 e. The van der Waals surface area contributed by atoms with Crippen LogP contribution in [0.2, 0.25) is 0 Å². The summed E-state index contributed by atoms with van der Waals surface area (Å²) in [5.74, 6) is 1.01. The van der Waals surface area contributed by atoms with Gasteiger partial charge in [0.2, 0.25) is 0 Å². The van der Waals surface area contributed by atoms with E-state index >= 15 is 0 Å². The SMILES string of the molecule is CCSN(SCC)C(=S)Cc1cccc(C(=O)O)c1.Cl. The van der Waals surface area contributed by atoms with Gasteiger partial charge in [0, 0.05) is 17.9 Å². The van der Waals surface area contributed by atoms with E-state index in [0.717, 1.165) is 22.1 Å². The van der Waals surface area contributed by atoms with Crippen LogP contribution >= 0.6 is 48.5 Å². The highest BCUT2D eigenvalue weighted by Gasteiger charge is 2.11. The summed E-state index contributed by atoms with van der Waals surface area (Å²) in [5.41, 5.74) is 1.24. The van der Waals surface area contributed by atoms with Gasteiger partial charge in [-0.2, -0.15) is 0 Å². The molecule has 1 rings (SSSR count). The Bertz CT molecular complexity index is 451. The number of halogens is 1. The Balaban J connectivity index is 0.00000361. The molecule has 0 aromatic heterocycles. The summed E-state index contributed by atoms with van der Waals surface area (Å²) in [5, 5.41) is 8.97. The van der Waals surface area contributed by atoms with E-state index in [4.69, 9.17) is 17.3 Å². The summed E-state index contributed by atoms with van der Waals surface area (Å²) < 4.78 is 2.04. The van der Waals surface area contributed by atoms with Crippen molar-refractivity contribution in [2.24, 2.45) is 0 Å². The fourth-order valence-corrected chi connectivity index (χ4v) is 3.77. The van der Waals surface area contributed by atoms with E-state index in [-0.39, 0.29) is 12.4 Å². The smallest absolute Gasteiger partial charge is 0.335 e. The first-order valence-corrected chi connectivity index (χ1v) is 8.28. The molecule has 0 fully saturated rings. The summed E-state index contributed by atoms with van der Waals surface area (Å²) in [6.07, 6.45) is 0.594. The van der Waals surface area contributed by atoms with Crippen molar-refractivity contribution in [1.29, 1.82) is 0 Å². The zero-order valence-corrected chi connectivity index (χ0v) is 14.6. The van der Waals surface area contributed by atoms with Crippen LogP contribution in [0.3, 0.4) is 0 Å². The predicted molar refractivity (Wildman–Crippen MR) is 95.1 cm³/mol. The maximum Gasteiger partial charge on any atom is 0.335 e. The molecule has 0 unspecified atom stereocenters. The molecule has 0 saturated heterocycles. The third kappa shape index (κ3) is 6.35. The maximum atomic E-state index is 10.9. The maximum absolute atomic E-state index is 10.9. The van der Waals surface area contributed by atoms with Crippen LogP contribution in [0, 0.1) is 0 Å². The van der Waals surface area contributed by atoms with Crippen molar-refractivity contribution in [3.63, 3.8) is 0 Å². The summed E-state index contributed by atoms with van der Waals surface area (Å²) in [6.45, 7) is 4.17. The number of carboxylic acid groups (broad SMARTS) is 1. The lowest BCUT2D eigenvalue weighted by Gasteiger charge is -2.21. The van der Waals surface area contributed by atoms with Crippen LogP contribution in [0.4, 0.5) is 0 Å². The standard InChI is InChI=1S/C13H17NO2S3.ClH/c1-3-18-14(19-4-2)12(17)9-10-6-5-7-11(8-10)13(15)16;/h5-8H,3-4,9H2,1-2H3,(H,15,16);1H. The molecular weight excluding hydrogens is 334 g/mol. The van der Waals surface area contributed by atoms with E-state index in [0.29, 0.717) is 12.0 Å². The number of benzene rings is 1. The molecule has 1 N–H and O–H groups in total. The van der Waals surface area contributed by atoms with Crippen molar-refractivity contribution in [2.75, 3.05) is 11.5 Å². The molecule has 0 bridgehead atoms. The molecule has 20 heavy (non-hydrogen) atoms. The van der Waals surface area contributed by atoms with E-state index < -0.39 is 5.97 Å². The minimum absolute atomic E-state index is 0. The molecule has 0 amide bonds. The number of rotatable bonds is 7. The summed E-state index contributed by atoms with van der Waals surface area (Å²) in [4.78, 5) is 11.7. The second kappa shape index (κ2) is 10.3. The van der Waals surface area contributed by atoms with E-state index in [1.807, 2.05) is 9.78 Å². The second-order valence-corrected chi connectivity index (χ2v) is 6.77. The minimum atomic E-state index is -0.907. The van der Waals surface area contributed by atoms with Crippen molar-refractivity contribution in [1.82, 2.24) is 3.71 Å². The molecule has 1 aromatic carbocycles. The molecule has 0 saturated carbocycles. The van der Waals surface area contributed by atoms with Crippen molar-refractivity contribution in [3.05, 3.63) is 35.4 Å². The van der Waals surface area contributed by atoms with Gasteiger partial charge in [0.15, 0.2) is 0 Å². The van der Waals surface area contributed by atoms with Gasteiger partial charge >= 0.3 is 5.97 Å². The van der Waals surface area contributed by atoms with Crippen LogP contribution in [-0.4, -0.2) is 31.3 Å². The largest absolute Gasteiger partial charge is 0.478 e. The van der Waals surface area contributed by atoms with Crippen LogP contribution < -0.4 is 0 Å². The Morgan fingerprint density at radius 2 is 1.90 bits per heavy atom. The third-order valence-electron chi connectivity index (χ3n) is 2.23. The van der Waals surface area contributed by atoms with Crippen molar-refractivity contribution in [3.8, 4) is 0 Å². The average Bonchev–Trinajstić information content (AvgIpc) is 2.38. The topological polar surface area (TPSA) is 40.5 Å². The predicted octanol–water partition coefficient (Wildman–Crippen LogP) is 4.31. The quantitative estimate of drug-likeness (QED) is 0.583. The molecule has 0 aliphatic heterocycles. The van der Waals surface area contributed by atoms with Crippen LogP contribution in [0.1, 0.15) is 29.8 Å². The highest BCUT2D eigenvalue weighted by atomic mass is 35.5. The lowest BCUT2D eigenvalue weighted by molar-refractivity contribution is 0.0697.